The summed E-state index contributed by atoms with van der Waals surface area (Å²) in [5.41, 5.74) is 2.70. The van der Waals surface area contributed by atoms with Crippen LogP contribution in [0, 0.1) is 13.8 Å². The summed E-state index contributed by atoms with van der Waals surface area (Å²) in [7, 11) is 0. The van der Waals surface area contributed by atoms with Crippen LogP contribution < -0.4 is 10.3 Å². The van der Waals surface area contributed by atoms with Crippen molar-refractivity contribution >= 4 is 10.9 Å². The van der Waals surface area contributed by atoms with Crippen molar-refractivity contribution in [1.82, 2.24) is 9.55 Å². The number of benzene rings is 2. The van der Waals surface area contributed by atoms with E-state index in [0.717, 1.165) is 16.9 Å². The van der Waals surface area contributed by atoms with Crippen LogP contribution in [0.4, 0.5) is 0 Å². The molecule has 0 saturated heterocycles. The number of aliphatic hydroxyl groups excluding tert-OH is 1. The quantitative estimate of drug-likeness (QED) is 0.783. The molecule has 1 heterocycles. The number of fused-ring (bicyclic) bond motifs is 1. The van der Waals surface area contributed by atoms with E-state index in [4.69, 9.17) is 4.74 Å². The number of aliphatic hydroxyl groups is 1. The summed E-state index contributed by atoms with van der Waals surface area (Å²) in [6.07, 6.45) is 0.663. The molecule has 1 unspecified atom stereocenters. The Morgan fingerprint density at radius 1 is 1.17 bits per heavy atom. The molecule has 0 aliphatic carbocycles. The van der Waals surface area contributed by atoms with Crippen LogP contribution in [0.1, 0.15) is 11.1 Å². The number of hydrogen-bond acceptors (Lipinski definition) is 4. The Morgan fingerprint density at radius 3 is 2.62 bits per heavy atom. The highest BCUT2D eigenvalue weighted by molar-refractivity contribution is 5.76. The van der Waals surface area contributed by atoms with Gasteiger partial charge in [-0.3, -0.25) is 9.36 Å². The van der Waals surface area contributed by atoms with Crippen molar-refractivity contribution in [3.05, 3.63) is 70.3 Å². The second-order valence-corrected chi connectivity index (χ2v) is 6.01. The second-order valence-electron chi connectivity index (χ2n) is 6.01. The van der Waals surface area contributed by atoms with Gasteiger partial charge in [-0.25, -0.2) is 4.98 Å². The van der Waals surface area contributed by atoms with Crippen LogP contribution in [0.3, 0.4) is 0 Å². The summed E-state index contributed by atoms with van der Waals surface area (Å²) >= 11 is 0. The molecule has 0 fully saturated rings. The predicted molar refractivity (Wildman–Crippen MR) is 93.4 cm³/mol. The molecule has 0 radical (unpaired) electrons. The van der Waals surface area contributed by atoms with Gasteiger partial charge in [0.15, 0.2) is 0 Å². The third kappa shape index (κ3) is 3.63. The molecular weight excluding hydrogens is 304 g/mol. The number of hydrogen-bond donors (Lipinski definition) is 1. The molecule has 1 aromatic heterocycles. The van der Waals surface area contributed by atoms with Gasteiger partial charge < -0.3 is 9.84 Å². The number of ether oxygens (including phenoxy) is 1. The van der Waals surface area contributed by atoms with E-state index in [1.165, 1.54) is 10.9 Å². The number of nitrogens with zero attached hydrogens (tertiary/aromatic N) is 2. The van der Waals surface area contributed by atoms with Gasteiger partial charge in [-0.2, -0.15) is 0 Å². The maximum Gasteiger partial charge on any atom is 0.261 e. The fourth-order valence-corrected chi connectivity index (χ4v) is 2.72. The predicted octanol–water partition coefficient (Wildman–Crippen LogP) is 2.45. The van der Waals surface area contributed by atoms with Crippen LogP contribution >= 0.6 is 0 Å². The largest absolute Gasteiger partial charge is 0.491 e. The highest BCUT2D eigenvalue weighted by atomic mass is 16.5. The van der Waals surface area contributed by atoms with Crippen LogP contribution in [0.5, 0.6) is 5.75 Å². The molecule has 5 nitrogen and oxygen atoms in total. The van der Waals surface area contributed by atoms with Crippen LogP contribution in [0.15, 0.2) is 53.6 Å². The lowest BCUT2D eigenvalue weighted by atomic mass is 10.1. The number of rotatable bonds is 5. The standard InChI is InChI=1S/C19H20N2O3/c1-13-7-14(2)9-16(8-13)24-11-15(22)10-21-12-20-18-6-4-3-5-17(18)19(21)23/h3-9,12,15,22H,10-11H2,1-2H3. The molecule has 5 heteroatoms. The van der Waals surface area contributed by atoms with Crippen molar-refractivity contribution in [1.29, 1.82) is 0 Å². The maximum absolute atomic E-state index is 12.4. The molecule has 0 amide bonds. The zero-order valence-corrected chi connectivity index (χ0v) is 13.8. The van der Waals surface area contributed by atoms with Gasteiger partial charge in [0.2, 0.25) is 0 Å². The number of aromatic nitrogens is 2. The van der Waals surface area contributed by atoms with E-state index in [0.29, 0.717) is 10.9 Å². The zero-order valence-electron chi connectivity index (χ0n) is 13.8. The lowest BCUT2D eigenvalue weighted by Gasteiger charge is -2.14. The Labute approximate surface area is 140 Å². The van der Waals surface area contributed by atoms with Crippen LogP contribution in [-0.2, 0) is 6.54 Å². The summed E-state index contributed by atoms with van der Waals surface area (Å²) in [6.45, 7) is 4.25. The average molecular weight is 324 g/mol. The first-order chi connectivity index (χ1) is 11.5. The summed E-state index contributed by atoms with van der Waals surface area (Å²) in [5, 5.41) is 10.7. The van der Waals surface area contributed by atoms with Crippen molar-refractivity contribution in [2.45, 2.75) is 26.5 Å². The van der Waals surface area contributed by atoms with E-state index in [2.05, 4.69) is 11.1 Å². The molecule has 1 N–H and O–H groups in total. The first-order valence-corrected chi connectivity index (χ1v) is 7.86. The molecule has 0 spiro atoms. The van der Waals surface area contributed by atoms with Gasteiger partial charge >= 0.3 is 0 Å². The van der Waals surface area contributed by atoms with Gasteiger partial charge in [-0.15, -0.1) is 0 Å². The Kier molecular flexibility index (Phi) is 4.62. The monoisotopic (exact) mass is 324 g/mol. The smallest absolute Gasteiger partial charge is 0.261 e. The third-order valence-electron chi connectivity index (χ3n) is 3.78. The van der Waals surface area contributed by atoms with Crippen LogP contribution in [-0.4, -0.2) is 27.4 Å². The van der Waals surface area contributed by atoms with Gasteiger partial charge in [0.1, 0.15) is 18.5 Å². The minimum absolute atomic E-state index is 0.113. The van der Waals surface area contributed by atoms with Gasteiger partial charge in [0.05, 0.1) is 23.8 Å². The van der Waals surface area contributed by atoms with Crippen molar-refractivity contribution in [2.75, 3.05) is 6.61 Å². The van der Waals surface area contributed by atoms with Crippen LogP contribution in [0.25, 0.3) is 10.9 Å². The average Bonchev–Trinajstić information content (AvgIpc) is 2.55. The molecule has 124 valence electrons. The van der Waals surface area contributed by atoms with Gasteiger partial charge in [0.25, 0.3) is 5.56 Å². The van der Waals surface area contributed by atoms with E-state index in [1.807, 2.05) is 32.0 Å². The molecule has 24 heavy (non-hydrogen) atoms. The Hall–Kier alpha value is -2.66. The molecule has 3 rings (SSSR count). The maximum atomic E-state index is 12.4. The summed E-state index contributed by atoms with van der Waals surface area (Å²) < 4.78 is 7.06. The first kappa shape index (κ1) is 16.2. The van der Waals surface area contributed by atoms with E-state index < -0.39 is 6.10 Å². The summed E-state index contributed by atoms with van der Waals surface area (Å²) in [5.74, 6) is 0.718. The van der Waals surface area contributed by atoms with Gasteiger partial charge in [0, 0.05) is 0 Å². The molecule has 2 aromatic carbocycles. The molecule has 0 saturated carbocycles. The fraction of sp³-hybridized carbons (Fsp3) is 0.263. The lowest BCUT2D eigenvalue weighted by Crippen LogP contribution is -2.30. The molecule has 1 atom stereocenters. The van der Waals surface area contributed by atoms with Crippen molar-refractivity contribution in [3.63, 3.8) is 0 Å². The topological polar surface area (TPSA) is 64.3 Å². The Bertz CT molecular complexity index is 898. The zero-order chi connectivity index (χ0) is 17.1. The minimum atomic E-state index is -0.800. The molecule has 0 bridgehead atoms. The van der Waals surface area contributed by atoms with E-state index in [-0.39, 0.29) is 18.7 Å². The fourth-order valence-electron chi connectivity index (χ4n) is 2.72. The van der Waals surface area contributed by atoms with E-state index in [1.54, 1.807) is 18.2 Å². The molecule has 3 aromatic rings. The number of aryl methyl sites for hydroxylation is 2. The highest BCUT2D eigenvalue weighted by Gasteiger charge is 2.10. The van der Waals surface area contributed by atoms with Gasteiger partial charge in [-0.05, 0) is 49.2 Å². The van der Waals surface area contributed by atoms with E-state index >= 15 is 0 Å². The van der Waals surface area contributed by atoms with Crippen molar-refractivity contribution in [2.24, 2.45) is 0 Å². The summed E-state index contributed by atoms with van der Waals surface area (Å²) in [4.78, 5) is 16.6. The van der Waals surface area contributed by atoms with Gasteiger partial charge in [-0.1, -0.05) is 18.2 Å². The number of para-hydroxylation sites is 1. The lowest BCUT2D eigenvalue weighted by molar-refractivity contribution is 0.0914. The highest BCUT2D eigenvalue weighted by Crippen LogP contribution is 2.16. The first-order valence-electron chi connectivity index (χ1n) is 7.86. The SMILES string of the molecule is Cc1cc(C)cc(OCC(O)Cn2cnc3ccccc3c2=O)c1. The van der Waals surface area contributed by atoms with E-state index in [9.17, 15) is 9.90 Å². The normalized spacial score (nSPS) is 12.3. The van der Waals surface area contributed by atoms with Crippen molar-refractivity contribution in [3.8, 4) is 5.75 Å². The summed E-state index contributed by atoms with van der Waals surface area (Å²) in [6, 6.07) is 13.1. The molecular formula is C19H20N2O3. The third-order valence-corrected chi connectivity index (χ3v) is 3.78. The Balaban J connectivity index is 1.70. The van der Waals surface area contributed by atoms with Crippen LogP contribution in [0.2, 0.25) is 0 Å². The molecule has 0 aliphatic rings. The molecule has 0 aliphatic heterocycles. The minimum Gasteiger partial charge on any atom is -0.491 e. The second kappa shape index (κ2) is 6.84. The van der Waals surface area contributed by atoms with Crippen molar-refractivity contribution < 1.29 is 9.84 Å². The Morgan fingerprint density at radius 2 is 1.88 bits per heavy atom.